The highest BCUT2D eigenvalue weighted by atomic mass is 14.4. The maximum Gasteiger partial charge on any atom is -0.0383 e. The molecule has 0 amide bonds. The second kappa shape index (κ2) is 11.9. The lowest BCUT2D eigenvalue weighted by molar-refractivity contribution is 0.0981. The number of hydrogen-bond acceptors (Lipinski definition) is 0. The Kier molecular flexibility index (Phi) is 9.54. The van der Waals surface area contributed by atoms with Crippen molar-refractivity contribution in [2.75, 3.05) is 0 Å². The molecule has 0 heteroatoms. The quantitative estimate of drug-likeness (QED) is 0.353. The van der Waals surface area contributed by atoms with Gasteiger partial charge in [0.05, 0.1) is 0 Å². The summed E-state index contributed by atoms with van der Waals surface area (Å²) in [6, 6.07) is 0. The van der Waals surface area contributed by atoms with Crippen molar-refractivity contribution in [3.05, 3.63) is 0 Å². The molecule has 3 saturated carbocycles. The maximum absolute atomic E-state index is 2.35. The number of hydrogen-bond donors (Lipinski definition) is 0. The van der Waals surface area contributed by atoms with Gasteiger partial charge < -0.3 is 0 Å². The molecule has 0 nitrogen and oxygen atoms in total. The molecule has 158 valence electrons. The number of rotatable bonds is 9. The highest BCUT2D eigenvalue weighted by molar-refractivity contribution is 4.86. The van der Waals surface area contributed by atoms with E-state index < -0.39 is 0 Å². The van der Waals surface area contributed by atoms with Crippen LogP contribution in [0.1, 0.15) is 136 Å². The normalized spacial score (nSPS) is 38.0. The van der Waals surface area contributed by atoms with E-state index in [1.807, 2.05) is 0 Å². The molecular formula is C27H50. The van der Waals surface area contributed by atoms with Crippen LogP contribution in [0.25, 0.3) is 0 Å². The minimum atomic E-state index is 1.09. The van der Waals surface area contributed by atoms with Crippen LogP contribution in [0.2, 0.25) is 0 Å². The topological polar surface area (TPSA) is 0 Å². The molecule has 2 unspecified atom stereocenters. The molecule has 0 N–H and O–H groups in total. The van der Waals surface area contributed by atoms with Crippen molar-refractivity contribution >= 4 is 0 Å². The smallest absolute Gasteiger partial charge is 0.0383 e. The standard InChI is InChI=1S/C27H50/c1-3-5-7-10-23-11-8-12-27(21-23)26-19-17-25(18-20-26)24-15-13-22(14-16-24)9-6-4-2/h22-27H,3-21H2,1-2H3. The SMILES string of the molecule is CCCCCC1CCCC(C2CCC(C3CCC(CCCC)CC3)CC2)C1. The predicted octanol–water partition coefficient (Wildman–Crippen LogP) is 9.18. The van der Waals surface area contributed by atoms with Gasteiger partial charge in [0.25, 0.3) is 0 Å². The summed E-state index contributed by atoms with van der Waals surface area (Å²) >= 11 is 0. The maximum atomic E-state index is 2.35. The van der Waals surface area contributed by atoms with Crippen molar-refractivity contribution < 1.29 is 0 Å². The first-order valence-electron chi connectivity index (χ1n) is 13.3. The van der Waals surface area contributed by atoms with Gasteiger partial charge >= 0.3 is 0 Å². The van der Waals surface area contributed by atoms with Crippen LogP contribution in [0, 0.1) is 35.5 Å². The van der Waals surface area contributed by atoms with Crippen molar-refractivity contribution in [3.63, 3.8) is 0 Å². The van der Waals surface area contributed by atoms with Crippen LogP contribution in [0.15, 0.2) is 0 Å². The largest absolute Gasteiger partial charge is 0.0654 e. The van der Waals surface area contributed by atoms with Gasteiger partial charge in [-0.15, -0.1) is 0 Å². The van der Waals surface area contributed by atoms with E-state index in [-0.39, 0.29) is 0 Å². The van der Waals surface area contributed by atoms with Gasteiger partial charge in [-0.3, -0.25) is 0 Å². The van der Waals surface area contributed by atoms with Gasteiger partial charge in [-0.1, -0.05) is 90.9 Å². The van der Waals surface area contributed by atoms with E-state index >= 15 is 0 Å². The Morgan fingerprint density at radius 2 is 1.04 bits per heavy atom. The first kappa shape index (κ1) is 21.7. The second-order valence-corrected chi connectivity index (χ2v) is 10.9. The third kappa shape index (κ3) is 6.78. The summed E-state index contributed by atoms with van der Waals surface area (Å²) in [5.74, 6) is 6.61. The van der Waals surface area contributed by atoms with Crippen molar-refractivity contribution in [2.45, 2.75) is 136 Å². The van der Waals surface area contributed by atoms with Gasteiger partial charge in [0, 0.05) is 0 Å². The molecule has 0 heterocycles. The summed E-state index contributed by atoms with van der Waals surface area (Å²) in [5.41, 5.74) is 0. The summed E-state index contributed by atoms with van der Waals surface area (Å²) in [5, 5.41) is 0. The summed E-state index contributed by atoms with van der Waals surface area (Å²) in [6.45, 7) is 4.70. The highest BCUT2D eigenvalue weighted by Gasteiger charge is 2.34. The van der Waals surface area contributed by atoms with Gasteiger partial charge in [-0.05, 0) is 80.5 Å². The molecule has 3 rings (SSSR count). The highest BCUT2D eigenvalue weighted by Crippen LogP contribution is 2.46. The summed E-state index contributed by atoms with van der Waals surface area (Å²) in [4.78, 5) is 0. The first-order chi connectivity index (χ1) is 13.3. The fraction of sp³-hybridized carbons (Fsp3) is 1.00. The molecule has 0 spiro atoms. The van der Waals surface area contributed by atoms with Gasteiger partial charge in [0.2, 0.25) is 0 Å². The van der Waals surface area contributed by atoms with Crippen LogP contribution in [-0.2, 0) is 0 Å². The third-order valence-electron chi connectivity index (χ3n) is 9.05. The van der Waals surface area contributed by atoms with E-state index in [9.17, 15) is 0 Å². The molecule has 0 aliphatic heterocycles. The minimum absolute atomic E-state index is 1.09. The van der Waals surface area contributed by atoms with Crippen LogP contribution >= 0.6 is 0 Å². The van der Waals surface area contributed by atoms with Gasteiger partial charge in [0.15, 0.2) is 0 Å². The van der Waals surface area contributed by atoms with E-state index in [0.717, 1.165) is 35.5 Å². The van der Waals surface area contributed by atoms with Crippen LogP contribution in [0.4, 0.5) is 0 Å². The van der Waals surface area contributed by atoms with E-state index in [4.69, 9.17) is 0 Å². The Morgan fingerprint density at radius 3 is 1.67 bits per heavy atom. The lowest BCUT2D eigenvalue weighted by atomic mass is 9.64. The molecule has 0 aromatic carbocycles. The van der Waals surface area contributed by atoms with Crippen LogP contribution in [0.5, 0.6) is 0 Å². The molecular weight excluding hydrogens is 324 g/mol. The Labute approximate surface area is 171 Å². The summed E-state index contributed by atoms with van der Waals surface area (Å²) in [6.07, 6.45) is 29.2. The second-order valence-electron chi connectivity index (χ2n) is 10.9. The molecule has 2 atom stereocenters. The van der Waals surface area contributed by atoms with Crippen molar-refractivity contribution in [3.8, 4) is 0 Å². The van der Waals surface area contributed by atoms with Crippen molar-refractivity contribution in [2.24, 2.45) is 35.5 Å². The van der Waals surface area contributed by atoms with Crippen LogP contribution < -0.4 is 0 Å². The molecule has 0 bridgehead atoms. The zero-order valence-electron chi connectivity index (χ0n) is 18.9. The van der Waals surface area contributed by atoms with E-state index in [1.165, 1.54) is 38.5 Å². The Balaban J connectivity index is 1.35. The average Bonchev–Trinajstić information content (AvgIpc) is 2.73. The molecule has 3 aliphatic carbocycles. The molecule has 0 aromatic heterocycles. The van der Waals surface area contributed by atoms with Crippen molar-refractivity contribution in [1.29, 1.82) is 0 Å². The van der Waals surface area contributed by atoms with Crippen LogP contribution in [0.3, 0.4) is 0 Å². The lowest BCUT2D eigenvalue weighted by Gasteiger charge is -2.41. The third-order valence-corrected chi connectivity index (χ3v) is 9.05. The fourth-order valence-electron chi connectivity index (χ4n) is 7.23. The van der Waals surface area contributed by atoms with Gasteiger partial charge in [0.1, 0.15) is 0 Å². The van der Waals surface area contributed by atoms with E-state index in [0.29, 0.717) is 0 Å². The summed E-state index contributed by atoms with van der Waals surface area (Å²) in [7, 11) is 0. The Morgan fingerprint density at radius 1 is 0.481 bits per heavy atom. The van der Waals surface area contributed by atoms with Crippen LogP contribution in [-0.4, -0.2) is 0 Å². The molecule has 3 aliphatic rings. The number of unbranched alkanes of at least 4 members (excludes halogenated alkanes) is 3. The zero-order valence-corrected chi connectivity index (χ0v) is 18.9. The fourth-order valence-corrected chi connectivity index (χ4v) is 7.23. The molecule has 3 fully saturated rings. The monoisotopic (exact) mass is 374 g/mol. The first-order valence-corrected chi connectivity index (χ1v) is 13.3. The Hall–Kier alpha value is 0. The van der Waals surface area contributed by atoms with Gasteiger partial charge in [-0.2, -0.15) is 0 Å². The van der Waals surface area contributed by atoms with Crippen molar-refractivity contribution in [1.82, 2.24) is 0 Å². The zero-order chi connectivity index (χ0) is 18.9. The Bertz CT molecular complexity index is 369. The molecule has 0 radical (unpaired) electrons. The molecule has 0 aromatic rings. The minimum Gasteiger partial charge on any atom is -0.0654 e. The van der Waals surface area contributed by atoms with E-state index in [1.54, 1.807) is 83.5 Å². The molecule has 0 saturated heterocycles. The lowest BCUT2D eigenvalue weighted by Crippen LogP contribution is -2.30. The molecule has 27 heavy (non-hydrogen) atoms. The van der Waals surface area contributed by atoms with Gasteiger partial charge in [-0.25, -0.2) is 0 Å². The predicted molar refractivity (Wildman–Crippen MR) is 120 cm³/mol. The van der Waals surface area contributed by atoms with E-state index in [2.05, 4.69) is 13.8 Å². The summed E-state index contributed by atoms with van der Waals surface area (Å²) < 4.78 is 0. The average molecular weight is 375 g/mol.